The van der Waals surface area contributed by atoms with Crippen LogP contribution in [0.4, 0.5) is 0 Å². The zero-order chi connectivity index (χ0) is 17.2. The third-order valence-electron chi connectivity index (χ3n) is 4.37. The van der Waals surface area contributed by atoms with Crippen LogP contribution in [0.1, 0.15) is 40.9 Å². The van der Waals surface area contributed by atoms with Crippen molar-refractivity contribution in [1.82, 2.24) is 25.1 Å². The van der Waals surface area contributed by atoms with Crippen molar-refractivity contribution in [1.29, 1.82) is 0 Å². The molecule has 0 N–H and O–H groups in total. The van der Waals surface area contributed by atoms with Crippen molar-refractivity contribution in [3.63, 3.8) is 0 Å². The first-order chi connectivity index (χ1) is 12.2. The van der Waals surface area contributed by atoms with Gasteiger partial charge in [-0.15, -0.1) is 10.2 Å². The van der Waals surface area contributed by atoms with Crippen LogP contribution >= 0.6 is 0 Å². The highest BCUT2D eigenvalue weighted by Gasteiger charge is 2.30. The molecule has 1 amide bonds. The SMILES string of the molecule is Cc1ncncc1-c1nnc(C2CCCN(C(=O)c3ccco3)C2)o1. The Morgan fingerprint density at radius 2 is 2.28 bits per heavy atom. The standard InChI is InChI=1S/C17H17N5O3/c1-11-13(8-18-10-19-11)16-21-20-15(25-16)12-4-2-6-22(9-12)17(23)14-5-3-7-24-14/h3,5,7-8,10,12H,2,4,6,9H2,1H3. The second-order valence-corrected chi connectivity index (χ2v) is 6.03. The van der Waals surface area contributed by atoms with Crippen LogP contribution in [-0.2, 0) is 0 Å². The molecular weight excluding hydrogens is 322 g/mol. The van der Waals surface area contributed by atoms with Gasteiger partial charge in [-0.05, 0) is 31.9 Å². The summed E-state index contributed by atoms with van der Waals surface area (Å²) in [4.78, 5) is 22.4. The number of piperidine rings is 1. The highest BCUT2D eigenvalue weighted by Crippen LogP contribution is 2.29. The average Bonchev–Trinajstić information content (AvgIpc) is 3.34. The van der Waals surface area contributed by atoms with Crippen molar-refractivity contribution in [2.24, 2.45) is 0 Å². The lowest BCUT2D eigenvalue weighted by atomic mass is 9.98. The van der Waals surface area contributed by atoms with E-state index >= 15 is 0 Å². The summed E-state index contributed by atoms with van der Waals surface area (Å²) in [6.45, 7) is 3.10. The molecule has 1 saturated heterocycles. The Morgan fingerprint density at radius 3 is 3.08 bits per heavy atom. The van der Waals surface area contributed by atoms with Crippen LogP contribution in [0.3, 0.4) is 0 Å². The molecule has 0 spiro atoms. The van der Waals surface area contributed by atoms with E-state index in [0.717, 1.165) is 24.1 Å². The lowest BCUT2D eigenvalue weighted by Gasteiger charge is -2.30. The van der Waals surface area contributed by atoms with E-state index in [9.17, 15) is 4.79 Å². The number of hydrogen-bond donors (Lipinski definition) is 0. The van der Waals surface area contributed by atoms with Crippen LogP contribution in [-0.4, -0.2) is 44.1 Å². The summed E-state index contributed by atoms with van der Waals surface area (Å²) in [5, 5.41) is 8.30. The maximum Gasteiger partial charge on any atom is 0.289 e. The molecule has 3 aromatic rings. The van der Waals surface area contributed by atoms with Gasteiger partial charge >= 0.3 is 0 Å². The van der Waals surface area contributed by atoms with Crippen LogP contribution in [0.5, 0.6) is 0 Å². The summed E-state index contributed by atoms with van der Waals surface area (Å²) in [6, 6.07) is 3.39. The summed E-state index contributed by atoms with van der Waals surface area (Å²) in [5.41, 5.74) is 1.50. The molecule has 8 heteroatoms. The molecule has 3 aromatic heterocycles. The Balaban J connectivity index is 1.52. The van der Waals surface area contributed by atoms with Crippen LogP contribution in [0.15, 0.2) is 39.8 Å². The Morgan fingerprint density at radius 1 is 1.36 bits per heavy atom. The van der Waals surface area contributed by atoms with Crippen molar-refractivity contribution in [2.45, 2.75) is 25.7 Å². The van der Waals surface area contributed by atoms with E-state index in [4.69, 9.17) is 8.83 Å². The average molecular weight is 339 g/mol. The molecule has 0 aliphatic carbocycles. The molecule has 0 bridgehead atoms. The fourth-order valence-electron chi connectivity index (χ4n) is 3.03. The Kier molecular flexibility index (Phi) is 4.01. The number of aryl methyl sites for hydroxylation is 1. The van der Waals surface area contributed by atoms with Gasteiger partial charge in [-0.25, -0.2) is 9.97 Å². The molecule has 4 heterocycles. The van der Waals surface area contributed by atoms with Crippen LogP contribution in [0, 0.1) is 6.92 Å². The van der Waals surface area contributed by atoms with E-state index in [2.05, 4.69) is 20.2 Å². The minimum Gasteiger partial charge on any atom is -0.459 e. The van der Waals surface area contributed by atoms with E-state index in [0.29, 0.717) is 30.6 Å². The van der Waals surface area contributed by atoms with Gasteiger partial charge in [0.05, 0.1) is 23.4 Å². The zero-order valence-corrected chi connectivity index (χ0v) is 13.8. The van der Waals surface area contributed by atoms with Crippen LogP contribution in [0.25, 0.3) is 11.5 Å². The van der Waals surface area contributed by atoms with Gasteiger partial charge in [0, 0.05) is 19.3 Å². The van der Waals surface area contributed by atoms with Crippen molar-refractivity contribution in [3.8, 4) is 11.5 Å². The number of aromatic nitrogens is 4. The lowest BCUT2D eigenvalue weighted by Crippen LogP contribution is -2.39. The Bertz CT molecular complexity index is 874. The molecule has 25 heavy (non-hydrogen) atoms. The number of nitrogens with zero attached hydrogens (tertiary/aromatic N) is 5. The minimum atomic E-state index is -0.109. The molecule has 1 fully saturated rings. The highest BCUT2D eigenvalue weighted by atomic mass is 16.4. The quantitative estimate of drug-likeness (QED) is 0.722. The molecule has 0 aromatic carbocycles. The van der Waals surface area contributed by atoms with Gasteiger partial charge in [-0.3, -0.25) is 4.79 Å². The first kappa shape index (κ1) is 15.5. The summed E-state index contributed by atoms with van der Waals surface area (Å²) in [5.74, 6) is 1.20. The zero-order valence-electron chi connectivity index (χ0n) is 13.8. The molecule has 0 radical (unpaired) electrons. The number of hydrogen-bond acceptors (Lipinski definition) is 7. The maximum absolute atomic E-state index is 12.5. The largest absolute Gasteiger partial charge is 0.459 e. The topological polar surface area (TPSA) is 98.2 Å². The molecule has 4 rings (SSSR count). The predicted molar refractivity (Wildman–Crippen MR) is 86.6 cm³/mol. The first-order valence-electron chi connectivity index (χ1n) is 8.15. The summed E-state index contributed by atoms with van der Waals surface area (Å²) >= 11 is 0. The smallest absolute Gasteiger partial charge is 0.289 e. The Labute approximate surface area is 143 Å². The number of carbonyl (C=O) groups excluding carboxylic acids is 1. The third kappa shape index (κ3) is 3.02. The number of likely N-dealkylation sites (tertiary alicyclic amines) is 1. The van der Waals surface area contributed by atoms with E-state index in [-0.39, 0.29) is 11.8 Å². The van der Waals surface area contributed by atoms with Gasteiger partial charge in [0.2, 0.25) is 5.89 Å². The van der Waals surface area contributed by atoms with E-state index in [1.165, 1.54) is 12.6 Å². The molecule has 128 valence electrons. The number of amides is 1. The van der Waals surface area contributed by atoms with Gasteiger partial charge in [-0.2, -0.15) is 0 Å². The second kappa shape index (κ2) is 6.46. The van der Waals surface area contributed by atoms with Gasteiger partial charge in [0.1, 0.15) is 6.33 Å². The van der Waals surface area contributed by atoms with Crippen LogP contribution < -0.4 is 0 Å². The van der Waals surface area contributed by atoms with E-state index in [1.807, 2.05) is 6.92 Å². The van der Waals surface area contributed by atoms with Gasteiger partial charge in [0.15, 0.2) is 5.76 Å². The molecule has 1 aliphatic heterocycles. The van der Waals surface area contributed by atoms with Gasteiger partial charge in [0.25, 0.3) is 11.8 Å². The molecule has 1 unspecified atom stereocenters. The molecule has 1 atom stereocenters. The summed E-state index contributed by atoms with van der Waals surface area (Å²) in [6.07, 6.45) is 6.42. The van der Waals surface area contributed by atoms with Crippen LogP contribution in [0.2, 0.25) is 0 Å². The maximum atomic E-state index is 12.5. The second-order valence-electron chi connectivity index (χ2n) is 6.03. The number of carbonyl (C=O) groups is 1. The molecule has 0 saturated carbocycles. The summed E-state index contributed by atoms with van der Waals surface area (Å²) in [7, 11) is 0. The van der Waals surface area contributed by atoms with Gasteiger partial charge in [-0.1, -0.05) is 0 Å². The molecule has 8 nitrogen and oxygen atoms in total. The number of rotatable bonds is 3. The normalized spacial score (nSPS) is 17.6. The third-order valence-corrected chi connectivity index (χ3v) is 4.37. The van der Waals surface area contributed by atoms with Crippen molar-refractivity contribution < 1.29 is 13.6 Å². The fourth-order valence-corrected chi connectivity index (χ4v) is 3.03. The van der Waals surface area contributed by atoms with E-state index < -0.39 is 0 Å². The minimum absolute atomic E-state index is 0.0128. The monoisotopic (exact) mass is 339 g/mol. The lowest BCUT2D eigenvalue weighted by molar-refractivity contribution is 0.0666. The van der Waals surface area contributed by atoms with Crippen molar-refractivity contribution >= 4 is 5.91 Å². The fraction of sp³-hybridized carbons (Fsp3) is 0.353. The predicted octanol–water partition coefficient (Wildman–Crippen LogP) is 2.45. The molecule has 1 aliphatic rings. The van der Waals surface area contributed by atoms with Crippen molar-refractivity contribution in [3.05, 3.63) is 48.3 Å². The van der Waals surface area contributed by atoms with Gasteiger partial charge < -0.3 is 13.7 Å². The van der Waals surface area contributed by atoms with Crippen molar-refractivity contribution in [2.75, 3.05) is 13.1 Å². The highest BCUT2D eigenvalue weighted by molar-refractivity contribution is 5.91. The first-order valence-corrected chi connectivity index (χ1v) is 8.15. The Hall–Kier alpha value is -3.03. The van der Waals surface area contributed by atoms with E-state index in [1.54, 1.807) is 23.2 Å². The number of furan rings is 1. The summed E-state index contributed by atoms with van der Waals surface area (Å²) < 4.78 is 11.1. The molecular formula is C17H17N5O3.